The van der Waals surface area contributed by atoms with E-state index in [4.69, 9.17) is 14.2 Å². The Balaban J connectivity index is 1.99. The highest BCUT2D eigenvalue weighted by atomic mass is 16.5. The molecule has 0 radical (unpaired) electrons. The molecule has 0 spiro atoms. The molecule has 0 aliphatic carbocycles. The molecule has 2 aromatic carbocycles. The van der Waals surface area contributed by atoms with Gasteiger partial charge in [-0.3, -0.25) is 4.79 Å². The van der Waals surface area contributed by atoms with Crippen molar-refractivity contribution in [2.45, 2.75) is 39.2 Å². The Hall–Kier alpha value is -2.69. The Kier molecular flexibility index (Phi) is 6.89. The van der Waals surface area contributed by atoms with E-state index in [1.54, 1.807) is 39.3 Å². The fourth-order valence-electron chi connectivity index (χ4n) is 2.53. The Labute approximate surface area is 155 Å². The number of ether oxygens (including phenoxy) is 3. The lowest BCUT2D eigenvalue weighted by Crippen LogP contribution is -2.30. The molecule has 0 aromatic heterocycles. The molecule has 0 saturated carbocycles. The third-order valence-corrected chi connectivity index (χ3v) is 4.39. The molecule has 0 saturated heterocycles. The number of carbonyl (C=O) groups is 1. The molecule has 5 heteroatoms. The summed E-state index contributed by atoms with van der Waals surface area (Å²) >= 11 is 0. The number of hydrogen-bond acceptors (Lipinski definition) is 4. The molecule has 1 amide bonds. The molecule has 1 N–H and O–H groups in total. The summed E-state index contributed by atoms with van der Waals surface area (Å²) in [5.41, 5.74) is 1.89. The molecule has 0 aliphatic heterocycles. The maximum Gasteiger partial charge on any atom is 0.265 e. The second-order valence-electron chi connectivity index (χ2n) is 6.20. The molecule has 0 unspecified atom stereocenters. The zero-order valence-electron chi connectivity index (χ0n) is 16.0. The molecule has 0 aliphatic rings. The van der Waals surface area contributed by atoms with Gasteiger partial charge in [0.05, 0.1) is 14.2 Å². The Morgan fingerprint density at radius 2 is 1.65 bits per heavy atom. The van der Waals surface area contributed by atoms with Gasteiger partial charge in [0, 0.05) is 11.8 Å². The quantitative estimate of drug-likeness (QED) is 0.749. The molecular weight excluding hydrogens is 330 g/mol. The smallest absolute Gasteiger partial charge is 0.265 e. The molecular formula is C21H27NO4. The van der Waals surface area contributed by atoms with Crippen LogP contribution in [0.3, 0.4) is 0 Å². The van der Waals surface area contributed by atoms with Crippen LogP contribution in [-0.2, 0) is 4.79 Å². The summed E-state index contributed by atoms with van der Waals surface area (Å²) in [6.45, 7) is 6.07. The average Bonchev–Trinajstić information content (AvgIpc) is 2.67. The number of benzene rings is 2. The summed E-state index contributed by atoms with van der Waals surface area (Å²) in [4.78, 5) is 12.4. The lowest BCUT2D eigenvalue weighted by Gasteiger charge is -2.16. The fraction of sp³-hybridized carbons (Fsp3) is 0.381. The summed E-state index contributed by atoms with van der Waals surface area (Å²) in [6.07, 6.45) is 0.460. The highest BCUT2D eigenvalue weighted by molar-refractivity contribution is 5.94. The minimum atomic E-state index is -0.627. The van der Waals surface area contributed by atoms with Crippen LogP contribution in [0, 0.1) is 0 Å². The van der Waals surface area contributed by atoms with Crippen LogP contribution in [0.2, 0.25) is 0 Å². The fourth-order valence-corrected chi connectivity index (χ4v) is 2.53. The van der Waals surface area contributed by atoms with E-state index in [9.17, 15) is 4.79 Å². The first-order valence-electron chi connectivity index (χ1n) is 8.78. The van der Waals surface area contributed by atoms with E-state index in [1.807, 2.05) is 24.3 Å². The van der Waals surface area contributed by atoms with Crippen LogP contribution in [0.25, 0.3) is 0 Å². The van der Waals surface area contributed by atoms with Crippen LogP contribution in [-0.4, -0.2) is 26.2 Å². The zero-order valence-corrected chi connectivity index (χ0v) is 16.0. The van der Waals surface area contributed by atoms with Crippen molar-refractivity contribution < 1.29 is 19.0 Å². The van der Waals surface area contributed by atoms with Crippen molar-refractivity contribution in [2.24, 2.45) is 0 Å². The summed E-state index contributed by atoms with van der Waals surface area (Å²) in [6, 6.07) is 13.1. The van der Waals surface area contributed by atoms with Crippen LogP contribution in [0.1, 0.15) is 38.7 Å². The summed E-state index contributed by atoms with van der Waals surface area (Å²) in [5.74, 6) is 2.11. The van der Waals surface area contributed by atoms with Crippen LogP contribution in [0.5, 0.6) is 17.2 Å². The highest BCUT2D eigenvalue weighted by Crippen LogP contribution is 2.30. The number of anilines is 1. The van der Waals surface area contributed by atoms with E-state index in [2.05, 4.69) is 19.2 Å². The number of nitrogens with one attached hydrogen (secondary N) is 1. The molecule has 2 rings (SSSR count). The average molecular weight is 357 g/mol. The van der Waals surface area contributed by atoms with Crippen molar-refractivity contribution in [1.82, 2.24) is 0 Å². The van der Waals surface area contributed by atoms with Crippen molar-refractivity contribution in [1.29, 1.82) is 0 Å². The predicted molar refractivity (Wildman–Crippen MR) is 103 cm³/mol. The standard InChI is InChI=1S/C21H27NO4/c1-6-14(2)16-7-10-18(11-8-16)26-15(3)21(23)22-17-9-12-19(24-4)20(13-17)25-5/h7-15H,6H2,1-5H3,(H,22,23)/t14-,15-/m0/s1. The summed E-state index contributed by atoms with van der Waals surface area (Å²) < 4.78 is 16.2. The second-order valence-corrected chi connectivity index (χ2v) is 6.20. The van der Waals surface area contributed by atoms with Crippen LogP contribution >= 0.6 is 0 Å². The number of amides is 1. The van der Waals surface area contributed by atoms with E-state index in [1.165, 1.54) is 5.56 Å². The first-order valence-corrected chi connectivity index (χ1v) is 8.78. The predicted octanol–water partition coefficient (Wildman–Crippen LogP) is 4.62. The van der Waals surface area contributed by atoms with Crippen LogP contribution in [0.4, 0.5) is 5.69 Å². The minimum absolute atomic E-state index is 0.233. The van der Waals surface area contributed by atoms with Crippen LogP contribution in [0.15, 0.2) is 42.5 Å². The van der Waals surface area contributed by atoms with E-state index < -0.39 is 6.10 Å². The van der Waals surface area contributed by atoms with Crippen molar-refractivity contribution in [2.75, 3.05) is 19.5 Å². The Bertz CT molecular complexity index is 727. The third kappa shape index (κ3) is 4.91. The summed E-state index contributed by atoms with van der Waals surface area (Å²) in [5, 5.41) is 2.83. The minimum Gasteiger partial charge on any atom is -0.493 e. The molecule has 5 nitrogen and oxygen atoms in total. The van der Waals surface area contributed by atoms with E-state index in [-0.39, 0.29) is 5.91 Å². The largest absolute Gasteiger partial charge is 0.493 e. The van der Waals surface area contributed by atoms with Crippen LogP contribution < -0.4 is 19.5 Å². The topological polar surface area (TPSA) is 56.8 Å². The van der Waals surface area contributed by atoms with Gasteiger partial charge in [0.1, 0.15) is 5.75 Å². The number of rotatable bonds is 8. The maximum absolute atomic E-state index is 12.4. The molecule has 140 valence electrons. The number of hydrogen-bond donors (Lipinski definition) is 1. The molecule has 26 heavy (non-hydrogen) atoms. The second kappa shape index (κ2) is 9.13. The van der Waals surface area contributed by atoms with Crippen molar-refractivity contribution in [3.05, 3.63) is 48.0 Å². The van der Waals surface area contributed by atoms with E-state index >= 15 is 0 Å². The van der Waals surface area contributed by atoms with E-state index in [0.29, 0.717) is 28.9 Å². The lowest BCUT2D eigenvalue weighted by molar-refractivity contribution is -0.122. The molecule has 2 atom stereocenters. The van der Waals surface area contributed by atoms with Gasteiger partial charge >= 0.3 is 0 Å². The van der Waals surface area contributed by atoms with Crippen molar-refractivity contribution in [3.8, 4) is 17.2 Å². The van der Waals surface area contributed by atoms with Gasteiger partial charge in [0.25, 0.3) is 5.91 Å². The van der Waals surface area contributed by atoms with Gasteiger partial charge in [0.2, 0.25) is 0 Å². The van der Waals surface area contributed by atoms with Gasteiger partial charge in [-0.05, 0) is 49.1 Å². The van der Waals surface area contributed by atoms with Gasteiger partial charge in [-0.2, -0.15) is 0 Å². The van der Waals surface area contributed by atoms with Gasteiger partial charge < -0.3 is 19.5 Å². The van der Waals surface area contributed by atoms with Crippen molar-refractivity contribution in [3.63, 3.8) is 0 Å². The number of carbonyl (C=O) groups excluding carboxylic acids is 1. The lowest BCUT2D eigenvalue weighted by atomic mass is 9.99. The molecule has 2 aromatic rings. The van der Waals surface area contributed by atoms with Crippen molar-refractivity contribution >= 4 is 11.6 Å². The highest BCUT2D eigenvalue weighted by Gasteiger charge is 2.16. The van der Waals surface area contributed by atoms with Gasteiger partial charge in [-0.1, -0.05) is 26.0 Å². The first kappa shape index (κ1) is 19.6. The van der Waals surface area contributed by atoms with Gasteiger partial charge in [0.15, 0.2) is 17.6 Å². The normalized spacial score (nSPS) is 12.8. The Morgan fingerprint density at radius 3 is 2.23 bits per heavy atom. The zero-order chi connectivity index (χ0) is 19.1. The Morgan fingerprint density at radius 1 is 1.00 bits per heavy atom. The molecule has 0 fully saturated rings. The van der Waals surface area contributed by atoms with E-state index in [0.717, 1.165) is 6.42 Å². The summed E-state index contributed by atoms with van der Waals surface area (Å²) in [7, 11) is 3.12. The monoisotopic (exact) mass is 357 g/mol. The first-order chi connectivity index (χ1) is 12.5. The molecule has 0 heterocycles. The molecule has 0 bridgehead atoms. The maximum atomic E-state index is 12.4. The SMILES string of the molecule is CC[C@H](C)c1ccc(O[C@@H](C)C(=O)Nc2ccc(OC)c(OC)c2)cc1. The third-order valence-electron chi connectivity index (χ3n) is 4.39. The van der Waals surface area contributed by atoms with Gasteiger partial charge in [-0.25, -0.2) is 0 Å². The van der Waals surface area contributed by atoms with Gasteiger partial charge in [-0.15, -0.1) is 0 Å². The number of methoxy groups -OCH3 is 2.